The molecular formula is C12H22N4O. The fraction of sp³-hybridized carbons (Fsp3) is 0.833. The molecule has 17 heavy (non-hydrogen) atoms. The number of carbonyl (C=O) groups excluding carboxylic acids is 1. The third-order valence-corrected chi connectivity index (χ3v) is 2.96. The van der Waals surface area contributed by atoms with E-state index < -0.39 is 0 Å². The Kier molecular flexibility index (Phi) is 5.39. The molecule has 5 heteroatoms. The number of nitrogens with zero attached hydrogens (tertiary/aromatic N) is 3. The van der Waals surface area contributed by atoms with Gasteiger partial charge in [0.05, 0.1) is 18.7 Å². The largest absolute Gasteiger partial charge is 0.353 e. The number of nitrogens with one attached hydrogen (secondary N) is 1. The first kappa shape index (κ1) is 13.9. The molecule has 0 aromatic carbocycles. The number of hydrogen-bond donors (Lipinski definition) is 1. The van der Waals surface area contributed by atoms with Crippen molar-refractivity contribution in [1.82, 2.24) is 15.1 Å². The molecule has 1 atom stereocenters. The Labute approximate surface area is 103 Å². The van der Waals surface area contributed by atoms with E-state index in [0.717, 1.165) is 26.2 Å². The van der Waals surface area contributed by atoms with Crippen LogP contribution in [-0.2, 0) is 4.79 Å². The molecule has 1 amide bonds. The van der Waals surface area contributed by atoms with Crippen LogP contribution < -0.4 is 5.32 Å². The minimum absolute atomic E-state index is 0.0263. The summed E-state index contributed by atoms with van der Waals surface area (Å²) in [4.78, 5) is 15.9. The summed E-state index contributed by atoms with van der Waals surface area (Å²) in [6, 6.07) is 2.41. The van der Waals surface area contributed by atoms with Crippen molar-refractivity contribution in [2.75, 3.05) is 32.7 Å². The summed E-state index contributed by atoms with van der Waals surface area (Å²) >= 11 is 0. The second-order valence-corrected chi connectivity index (χ2v) is 4.84. The molecule has 1 unspecified atom stereocenters. The van der Waals surface area contributed by atoms with E-state index >= 15 is 0 Å². The predicted molar refractivity (Wildman–Crippen MR) is 66.4 cm³/mol. The van der Waals surface area contributed by atoms with E-state index in [1.165, 1.54) is 0 Å². The first-order chi connectivity index (χ1) is 8.02. The zero-order chi connectivity index (χ0) is 12.8. The summed E-state index contributed by atoms with van der Waals surface area (Å²) in [5, 5.41) is 11.7. The van der Waals surface area contributed by atoms with Crippen LogP contribution in [0.4, 0.5) is 0 Å². The van der Waals surface area contributed by atoms with Crippen molar-refractivity contribution in [3.05, 3.63) is 0 Å². The lowest BCUT2D eigenvalue weighted by Gasteiger charge is -2.35. The van der Waals surface area contributed by atoms with Crippen LogP contribution in [0.2, 0.25) is 0 Å². The topological polar surface area (TPSA) is 59.4 Å². The van der Waals surface area contributed by atoms with Crippen LogP contribution in [0.5, 0.6) is 0 Å². The third kappa shape index (κ3) is 4.72. The maximum atomic E-state index is 11.6. The molecule has 1 rings (SSSR count). The van der Waals surface area contributed by atoms with Crippen LogP contribution in [0, 0.1) is 11.3 Å². The molecule has 1 aliphatic rings. The molecule has 0 bridgehead atoms. The van der Waals surface area contributed by atoms with Gasteiger partial charge in [0.1, 0.15) is 0 Å². The molecule has 96 valence electrons. The Hall–Kier alpha value is -1.12. The highest BCUT2D eigenvalue weighted by Gasteiger charge is 2.21. The molecular weight excluding hydrogens is 216 g/mol. The van der Waals surface area contributed by atoms with Crippen LogP contribution in [0.1, 0.15) is 20.8 Å². The van der Waals surface area contributed by atoms with Crippen molar-refractivity contribution < 1.29 is 4.79 Å². The predicted octanol–water partition coefficient (Wildman–Crippen LogP) is 0.0407. The normalized spacial score (nSPS) is 19.9. The van der Waals surface area contributed by atoms with Crippen LogP contribution in [0.25, 0.3) is 0 Å². The van der Waals surface area contributed by atoms with Crippen LogP contribution >= 0.6 is 0 Å². The number of rotatable bonds is 4. The zero-order valence-electron chi connectivity index (χ0n) is 10.9. The fourth-order valence-electron chi connectivity index (χ4n) is 1.96. The van der Waals surface area contributed by atoms with Gasteiger partial charge in [-0.25, -0.2) is 0 Å². The van der Waals surface area contributed by atoms with Gasteiger partial charge >= 0.3 is 0 Å². The van der Waals surface area contributed by atoms with E-state index in [1.54, 1.807) is 0 Å². The minimum atomic E-state index is -0.0263. The number of nitriles is 1. The van der Waals surface area contributed by atoms with Gasteiger partial charge in [0.15, 0.2) is 0 Å². The lowest BCUT2D eigenvalue weighted by molar-refractivity contribution is -0.123. The van der Waals surface area contributed by atoms with Crippen molar-refractivity contribution in [3.8, 4) is 6.07 Å². The SMILES string of the molecule is CC(C)NC(=O)CN1CCN(C(C)C#N)CC1. The van der Waals surface area contributed by atoms with Crippen molar-refractivity contribution in [2.45, 2.75) is 32.9 Å². The van der Waals surface area contributed by atoms with Crippen LogP contribution in [-0.4, -0.2) is 60.5 Å². The molecule has 1 saturated heterocycles. The van der Waals surface area contributed by atoms with Gasteiger partial charge in [-0.2, -0.15) is 5.26 Å². The van der Waals surface area contributed by atoms with Crippen LogP contribution in [0.15, 0.2) is 0 Å². The lowest BCUT2D eigenvalue weighted by Crippen LogP contribution is -2.51. The molecule has 0 aromatic heterocycles. The average molecular weight is 238 g/mol. The van der Waals surface area contributed by atoms with E-state index in [0.29, 0.717) is 6.54 Å². The van der Waals surface area contributed by atoms with Crippen molar-refractivity contribution in [2.24, 2.45) is 0 Å². The van der Waals surface area contributed by atoms with Crippen LogP contribution in [0.3, 0.4) is 0 Å². The van der Waals surface area contributed by atoms with E-state index in [2.05, 4.69) is 21.2 Å². The summed E-state index contributed by atoms with van der Waals surface area (Å²) in [6.45, 7) is 9.76. The number of piperazine rings is 1. The molecule has 1 N–H and O–H groups in total. The van der Waals surface area contributed by atoms with Gasteiger partial charge in [0.2, 0.25) is 5.91 Å². The first-order valence-corrected chi connectivity index (χ1v) is 6.18. The Morgan fingerprint density at radius 2 is 1.88 bits per heavy atom. The standard InChI is InChI=1S/C12H22N4O/c1-10(2)14-12(17)9-15-4-6-16(7-5-15)11(3)8-13/h10-11H,4-7,9H2,1-3H3,(H,14,17). The summed E-state index contributed by atoms with van der Waals surface area (Å²) in [7, 11) is 0. The Morgan fingerprint density at radius 3 is 2.35 bits per heavy atom. The average Bonchev–Trinajstić information content (AvgIpc) is 2.28. The van der Waals surface area contributed by atoms with Gasteiger partial charge in [0.25, 0.3) is 0 Å². The van der Waals surface area contributed by atoms with Gasteiger partial charge in [-0.05, 0) is 20.8 Å². The Bertz CT molecular complexity index is 289. The highest BCUT2D eigenvalue weighted by molar-refractivity contribution is 5.78. The number of hydrogen-bond acceptors (Lipinski definition) is 4. The third-order valence-electron chi connectivity index (χ3n) is 2.96. The maximum absolute atomic E-state index is 11.6. The summed E-state index contributed by atoms with van der Waals surface area (Å²) in [6.07, 6.45) is 0. The molecule has 0 radical (unpaired) electrons. The zero-order valence-corrected chi connectivity index (χ0v) is 10.9. The van der Waals surface area contributed by atoms with Gasteiger partial charge in [-0.1, -0.05) is 0 Å². The first-order valence-electron chi connectivity index (χ1n) is 6.18. The fourth-order valence-corrected chi connectivity index (χ4v) is 1.96. The molecule has 1 aliphatic heterocycles. The molecule has 0 aliphatic carbocycles. The van der Waals surface area contributed by atoms with Crippen molar-refractivity contribution >= 4 is 5.91 Å². The van der Waals surface area contributed by atoms with E-state index in [1.807, 2.05) is 20.8 Å². The minimum Gasteiger partial charge on any atom is -0.353 e. The molecule has 0 spiro atoms. The molecule has 1 heterocycles. The second-order valence-electron chi connectivity index (χ2n) is 4.84. The molecule has 5 nitrogen and oxygen atoms in total. The van der Waals surface area contributed by atoms with E-state index in [-0.39, 0.29) is 18.0 Å². The van der Waals surface area contributed by atoms with Crippen molar-refractivity contribution in [3.63, 3.8) is 0 Å². The smallest absolute Gasteiger partial charge is 0.234 e. The highest BCUT2D eigenvalue weighted by Crippen LogP contribution is 2.05. The molecule has 0 aromatic rings. The van der Waals surface area contributed by atoms with Gasteiger partial charge in [-0.3, -0.25) is 14.6 Å². The van der Waals surface area contributed by atoms with Gasteiger partial charge in [-0.15, -0.1) is 0 Å². The van der Waals surface area contributed by atoms with Gasteiger partial charge in [0, 0.05) is 32.2 Å². The number of carbonyl (C=O) groups is 1. The quantitative estimate of drug-likeness (QED) is 0.751. The highest BCUT2D eigenvalue weighted by atomic mass is 16.2. The van der Waals surface area contributed by atoms with E-state index in [9.17, 15) is 4.79 Å². The second kappa shape index (κ2) is 6.58. The Balaban J connectivity index is 2.28. The number of amides is 1. The van der Waals surface area contributed by atoms with Gasteiger partial charge < -0.3 is 5.32 Å². The lowest BCUT2D eigenvalue weighted by atomic mass is 10.2. The molecule has 1 fully saturated rings. The monoisotopic (exact) mass is 238 g/mol. The molecule has 0 saturated carbocycles. The summed E-state index contributed by atoms with van der Waals surface area (Å²) < 4.78 is 0. The maximum Gasteiger partial charge on any atom is 0.234 e. The van der Waals surface area contributed by atoms with Crippen molar-refractivity contribution in [1.29, 1.82) is 5.26 Å². The summed E-state index contributed by atoms with van der Waals surface area (Å²) in [5.74, 6) is 0.0850. The Morgan fingerprint density at radius 1 is 1.29 bits per heavy atom. The van der Waals surface area contributed by atoms with E-state index in [4.69, 9.17) is 5.26 Å². The summed E-state index contributed by atoms with van der Waals surface area (Å²) in [5.41, 5.74) is 0.